The summed E-state index contributed by atoms with van der Waals surface area (Å²) in [6.07, 6.45) is 3.71. The Balaban J connectivity index is 1.44. The van der Waals surface area contributed by atoms with Crippen LogP contribution in [0.4, 0.5) is 10.2 Å². The normalized spacial score (nSPS) is 24.0. The standard InChI is InChI=1S/C20H25FN4O/c1-26-16-5-2-4-15(12-16)17-13-23-24-19(17)14-7-10-25(11-8-14)20-18(21)6-3-9-22-20/h2-6,9,12,14,17,19,23-24H,7-8,10-11,13H2,1H3. The van der Waals surface area contributed by atoms with E-state index in [1.165, 1.54) is 11.6 Å². The fraction of sp³-hybridized carbons (Fsp3) is 0.450. The molecule has 3 heterocycles. The largest absolute Gasteiger partial charge is 0.497 e. The van der Waals surface area contributed by atoms with Gasteiger partial charge in [0, 0.05) is 37.8 Å². The van der Waals surface area contributed by atoms with Crippen molar-refractivity contribution in [2.75, 3.05) is 31.6 Å². The van der Waals surface area contributed by atoms with Crippen LogP contribution in [0.2, 0.25) is 0 Å². The number of hydrazine groups is 1. The van der Waals surface area contributed by atoms with Crippen LogP contribution in [-0.2, 0) is 0 Å². The van der Waals surface area contributed by atoms with Crippen LogP contribution in [-0.4, -0.2) is 37.8 Å². The zero-order valence-electron chi connectivity index (χ0n) is 15.0. The number of nitrogens with one attached hydrogen (secondary N) is 2. The number of halogens is 1. The molecule has 1 aromatic heterocycles. The van der Waals surface area contributed by atoms with Crippen LogP contribution < -0.4 is 20.5 Å². The van der Waals surface area contributed by atoms with Crippen molar-refractivity contribution < 1.29 is 9.13 Å². The predicted molar refractivity (Wildman–Crippen MR) is 99.8 cm³/mol. The molecule has 0 saturated carbocycles. The highest BCUT2D eigenvalue weighted by Gasteiger charge is 2.36. The summed E-state index contributed by atoms with van der Waals surface area (Å²) in [6, 6.07) is 11.8. The Bertz CT molecular complexity index is 748. The Morgan fingerprint density at radius 3 is 2.81 bits per heavy atom. The maximum Gasteiger partial charge on any atom is 0.165 e. The molecule has 2 unspecified atom stereocenters. The van der Waals surface area contributed by atoms with Gasteiger partial charge in [-0.3, -0.25) is 10.9 Å². The Morgan fingerprint density at radius 1 is 1.19 bits per heavy atom. The molecule has 138 valence electrons. The number of benzene rings is 1. The molecular weight excluding hydrogens is 331 g/mol. The third kappa shape index (κ3) is 3.39. The quantitative estimate of drug-likeness (QED) is 0.882. The minimum absolute atomic E-state index is 0.235. The number of piperidine rings is 1. The highest BCUT2D eigenvalue weighted by Crippen LogP contribution is 2.34. The Labute approximate surface area is 153 Å². The first-order chi connectivity index (χ1) is 12.8. The van der Waals surface area contributed by atoms with Gasteiger partial charge in [-0.2, -0.15) is 0 Å². The van der Waals surface area contributed by atoms with Gasteiger partial charge in [0.05, 0.1) is 7.11 Å². The fourth-order valence-corrected chi connectivity index (χ4v) is 4.24. The summed E-state index contributed by atoms with van der Waals surface area (Å²) in [5.74, 6) is 2.10. The minimum Gasteiger partial charge on any atom is -0.497 e. The zero-order chi connectivity index (χ0) is 17.9. The number of nitrogens with zero attached hydrogens (tertiary/aromatic N) is 2. The topological polar surface area (TPSA) is 49.4 Å². The van der Waals surface area contributed by atoms with Crippen molar-refractivity contribution in [2.45, 2.75) is 24.8 Å². The molecule has 2 atom stereocenters. The van der Waals surface area contributed by atoms with Crippen LogP contribution in [0.5, 0.6) is 5.75 Å². The highest BCUT2D eigenvalue weighted by molar-refractivity contribution is 5.40. The van der Waals surface area contributed by atoms with Gasteiger partial charge < -0.3 is 9.64 Å². The first kappa shape index (κ1) is 17.2. The lowest BCUT2D eigenvalue weighted by Crippen LogP contribution is -2.44. The van der Waals surface area contributed by atoms with Gasteiger partial charge in [-0.1, -0.05) is 12.1 Å². The molecule has 2 saturated heterocycles. The van der Waals surface area contributed by atoms with Gasteiger partial charge in [0.15, 0.2) is 11.6 Å². The van der Waals surface area contributed by atoms with Crippen LogP contribution in [0, 0.1) is 11.7 Å². The molecule has 0 aliphatic carbocycles. The van der Waals surface area contributed by atoms with E-state index in [9.17, 15) is 4.39 Å². The Morgan fingerprint density at radius 2 is 2.04 bits per heavy atom. The van der Waals surface area contributed by atoms with Crippen LogP contribution in [0.25, 0.3) is 0 Å². The third-order valence-corrected chi connectivity index (χ3v) is 5.63. The van der Waals surface area contributed by atoms with Crippen LogP contribution in [0.15, 0.2) is 42.6 Å². The van der Waals surface area contributed by atoms with E-state index < -0.39 is 0 Å². The van der Waals surface area contributed by atoms with Gasteiger partial charge in [-0.15, -0.1) is 0 Å². The van der Waals surface area contributed by atoms with Crippen molar-refractivity contribution in [1.29, 1.82) is 0 Å². The molecule has 0 spiro atoms. The van der Waals surface area contributed by atoms with Crippen molar-refractivity contribution in [3.05, 3.63) is 54.0 Å². The molecule has 1 aromatic carbocycles. The van der Waals surface area contributed by atoms with Crippen molar-refractivity contribution in [3.8, 4) is 5.75 Å². The number of methoxy groups -OCH3 is 1. The molecule has 2 fully saturated rings. The van der Waals surface area contributed by atoms with Crippen LogP contribution in [0.1, 0.15) is 24.3 Å². The van der Waals surface area contributed by atoms with E-state index in [0.717, 1.165) is 38.2 Å². The first-order valence-electron chi connectivity index (χ1n) is 9.24. The Hall–Kier alpha value is -2.18. The average molecular weight is 356 g/mol. The number of pyridine rings is 1. The number of hydrogen-bond acceptors (Lipinski definition) is 5. The number of anilines is 1. The smallest absolute Gasteiger partial charge is 0.165 e. The van der Waals surface area contributed by atoms with E-state index >= 15 is 0 Å². The lowest BCUT2D eigenvalue weighted by molar-refractivity contribution is 0.294. The van der Waals surface area contributed by atoms with Crippen molar-refractivity contribution >= 4 is 5.82 Å². The number of rotatable bonds is 4. The summed E-state index contributed by atoms with van der Waals surface area (Å²) in [7, 11) is 1.70. The molecular formula is C20H25FN4O. The van der Waals surface area contributed by atoms with Gasteiger partial charge in [0.2, 0.25) is 0 Å². The molecule has 0 bridgehead atoms. The molecule has 0 radical (unpaired) electrons. The predicted octanol–water partition coefficient (Wildman–Crippen LogP) is 2.71. The molecule has 26 heavy (non-hydrogen) atoms. The fourth-order valence-electron chi connectivity index (χ4n) is 4.24. The average Bonchev–Trinajstić information content (AvgIpc) is 3.18. The van der Waals surface area contributed by atoms with Crippen molar-refractivity contribution in [3.63, 3.8) is 0 Å². The highest BCUT2D eigenvalue weighted by atomic mass is 19.1. The summed E-state index contributed by atoms with van der Waals surface area (Å²) in [5, 5.41) is 0. The first-order valence-corrected chi connectivity index (χ1v) is 9.24. The maximum atomic E-state index is 14.0. The second kappa shape index (κ2) is 7.60. The molecule has 0 amide bonds. The van der Waals surface area contributed by atoms with Gasteiger partial charge >= 0.3 is 0 Å². The van der Waals surface area contributed by atoms with E-state index in [4.69, 9.17) is 4.74 Å². The molecule has 2 N–H and O–H groups in total. The zero-order valence-corrected chi connectivity index (χ0v) is 15.0. The van der Waals surface area contributed by atoms with E-state index in [0.29, 0.717) is 23.7 Å². The van der Waals surface area contributed by atoms with Gasteiger partial charge in [0.1, 0.15) is 5.75 Å². The molecule has 2 aromatic rings. The van der Waals surface area contributed by atoms with Crippen molar-refractivity contribution in [1.82, 2.24) is 15.8 Å². The SMILES string of the molecule is COc1cccc(C2CNNC2C2CCN(c3ncccc3F)CC2)c1. The lowest BCUT2D eigenvalue weighted by Gasteiger charge is -2.37. The lowest BCUT2D eigenvalue weighted by atomic mass is 9.80. The summed E-state index contributed by atoms with van der Waals surface area (Å²) in [5.41, 5.74) is 8.11. The summed E-state index contributed by atoms with van der Waals surface area (Å²) in [4.78, 5) is 6.28. The summed E-state index contributed by atoms with van der Waals surface area (Å²) in [6.45, 7) is 2.58. The molecule has 6 heteroatoms. The minimum atomic E-state index is -0.235. The number of aromatic nitrogens is 1. The summed E-state index contributed by atoms with van der Waals surface area (Å²) < 4.78 is 19.4. The molecule has 4 rings (SSSR count). The molecule has 2 aliphatic rings. The monoisotopic (exact) mass is 356 g/mol. The van der Waals surface area contributed by atoms with Crippen LogP contribution in [0.3, 0.4) is 0 Å². The van der Waals surface area contributed by atoms with Gasteiger partial charge in [0.25, 0.3) is 0 Å². The van der Waals surface area contributed by atoms with Gasteiger partial charge in [-0.25, -0.2) is 9.37 Å². The molecule has 5 nitrogen and oxygen atoms in total. The number of hydrogen-bond donors (Lipinski definition) is 2. The maximum absolute atomic E-state index is 14.0. The van der Waals surface area contributed by atoms with Crippen LogP contribution >= 0.6 is 0 Å². The van der Waals surface area contributed by atoms with E-state index in [2.05, 4.69) is 38.9 Å². The summed E-state index contributed by atoms with van der Waals surface area (Å²) >= 11 is 0. The van der Waals surface area contributed by atoms with E-state index in [-0.39, 0.29) is 5.82 Å². The third-order valence-electron chi connectivity index (χ3n) is 5.63. The molecule has 2 aliphatic heterocycles. The second-order valence-corrected chi connectivity index (χ2v) is 7.07. The Kier molecular flexibility index (Phi) is 5.04. The number of ether oxygens (including phenoxy) is 1. The second-order valence-electron chi connectivity index (χ2n) is 7.07. The van der Waals surface area contributed by atoms with E-state index in [1.54, 1.807) is 19.4 Å². The van der Waals surface area contributed by atoms with E-state index in [1.807, 2.05) is 6.07 Å². The van der Waals surface area contributed by atoms with Gasteiger partial charge in [-0.05, 0) is 48.6 Å². The van der Waals surface area contributed by atoms with Crippen molar-refractivity contribution in [2.24, 2.45) is 5.92 Å².